The lowest BCUT2D eigenvalue weighted by molar-refractivity contribution is 0.0595. The minimum Gasteiger partial charge on any atom is -0.465 e. The van der Waals surface area contributed by atoms with Gasteiger partial charge in [0, 0.05) is 5.56 Å². The highest BCUT2D eigenvalue weighted by atomic mass is 19.1. The Morgan fingerprint density at radius 3 is 2.20 bits per heavy atom. The molecular formula is C11H10F2O2. The van der Waals surface area contributed by atoms with Crippen LogP contribution in [0.4, 0.5) is 8.78 Å². The Kier molecular flexibility index (Phi) is 3.19. The number of allylic oxidation sites excluding steroid dienone is 1. The number of carbonyl (C=O) groups is 1. The summed E-state index contributed by atoms with van der Waals surface area (Å²) < 4.78 is 31.0. The van der Waals surface area contributed by atoms with Crippen LogP contribution in [-0.2, 0) is 4.74 Å². The summed E-state index contributed by atoms with van der Waals surface area (Å²) in [6.45, 7) is 5.05. The Morgan fingerprint density at radius 1 is 1.27 bits per heavy atom. The fraction of sp³-hybridized carbons (Fsp3) is 0.182. The average Bonchev–Trinajstić information content (AvgIpc) is 2.19. The van der Waals surface area contributed by atoms with Crippen molar-refractivity contribution < 1.29 is 18.3 Å². The Hall–Kier alpha value is -1.71. The number of hydrogen-bond acceptors (Lipinski definition) is 2. The van der Waals surface area contributed by atoms with Crippen molar-refractivity contribution in [3.05, 3.63) is 41.5 Å². The summed E-state index contributed by atoms with van der Waals surface area (Å²) in [5.41, 5.74) is 0.0305. The van der Waals surface area contributed by atoms with Crippen molar-refractivity contribution in [2.75, 3.05) is 7.11 Å². The van der Waals surface area contributed by atoms with Gasteiger partial charge in [-0.1, -0.05) is 6.58 Å². The van der Waals surface area contributed by atoms with Crippen LogP contribution in [0.3, 0.4) is 0 Å². The SMILES string of the molecule is C=C(C)c1cc(F)c(C(=O)OC)cc1F. The Morgan fingerprint density at radius 2 is 1.73 bits per heavy atom. The van der Waals surface area contributed by atoms with Gasteiger partial charge < -0.3 is 4.74 Å². The molecule has 1 rings (SSSR count). The lowest BCUT2D eigenvalue weighted by Gasteiger charge is -2.06. The Bertz CT molecular complexity index is 425. The number of hydrogen-bond donors (Lipinski definition) is 0. The summed E-state index contributed by atoms with van der Waals surface area (Å²) in [7, 11) is 1.10. The van der Waals surface area contributed by atoms with Gasteiger partial charge in [0.25, 0.3) is 0 Å². The summed E-state index contributed by atoms with van der Waals surface area (Å²) in [6, 6.07) is 1.75. The number of halogens is 2. The zero-order valence-corrected chi connectivity index (χ0v) is 8.43. The molecule has 1 aromatic carbocycles. The van der Waals surface area contributed by atoms with Gasteiger partial charge in [0.2, 0.25) is 0 Å². The van der Waals surface area contributed by atoms with Gasteiger partial charge in [-0.3, -0.25) is 0 Å². The molecule has 0 saturated heterocycles. The van der Waals surface area contributed by atoms with E-state index in [1.54, 1.807) is 6.92 Å². The van der Waals surface area contributed by atoms with Gasteiger partial charge in [-0.2, -0.15) is 0 Å². The van der Waals surface area contributed by atoms with E-state index in [9.17, 15) is 13.6 Å². The van der Waals surface area contributed by atoms with Crippen molar-refractivity contribution in [2.24, 2.45) is 0 Å². The molecule has 15 heavy (non-hydrogen) atoms. The molecule has 0 fully saturated rings. The second kappa shape index (κ2) is 4.21. The molecule has 0 heterocycles. The van der Waals surface area contributed by atoms with E-state index in [4.69, 9.17) is 0 Å². The molecule has 2 nitrogen and oxygen atoms in total. The van der Waals surface area contributed by atoms with Crippen LogP contribution in [0, 0.1) is 11.6 Å². The minimum atomic E-state index is -0.903. The molecule has 0 N–H and O–H groups in total. The molecule has 4 heteroatoms. The van der Waals surface area contributed by atoms with E-state index < -0.39 is 23.2 Å². The van der Waals surface area contributed by atoms with Crippen molar-refractivity contribution in [1.29, 1.82) is 0 Å². The van der Waals surface area contributed by atoms with Crippen molar-refractivity contribution in [3.8, 4) is 0 Å². The van der Waals surface area contributed by atoms with E-state index >= 15 is 0 Å². The average molecular weight is 212 g/mol. The second-order valence-corrected chi connectivity index (χ2v) is 3.08. The fourth-order valence-corrected chi connectivity index (χ4v) is 1.14. The maximum Gasteiger partial charge on any atom is 0.340 e. The number of benzene rings is 1. The first-order valence-electron chi connectivity index (χ1n) is 4.20. The third-order valence-corrected chi connectivity index (χ3v) is 1.92. The van der Waals surface area contributed by atoms with Crippen molar-refractivity contribution in [2.45, 2.75) is 6.92 Å². The van der Waals surface area contributed by atoms with Gasteiger partial charge in [-0.05, 0) is 24.6 Å². The number of carbonyl (C=O) groups excluding carboxylic acids is 1. The van der Waals surface area contributed by atoms with Gasteiger partial charge in [-0.25, -0.2) is 13.6 Å². The van der Waals surface area contributed by atoms with Crippen LogP contribution in [0.1, 0.15) is 22.8 Å². The first-order chi connectivity index (χ1) is 6.97. The standard InChI is InChI=1S/C11H10F2O2/c1-6(2)7-4-10(13)8(5-9(7)12)11(14)15-3/h4-5H,1H2,2-3H3. The highest BCUT2D eigenvalue weighted by Gasteiger charge is 2.16. The van der Waals surface area contributed by atoms with E-state index in [0.717, 1.165) is 19.2 Å². The highest BCUT2D eigenvalue weighted by Crippen LogP contribution is 2.20. The van der Waals surface area contributed by atoms with Gasteiger partial charge in [0.1, 0.15) is 11.6 Å². The van der Waals surface area contributed by atoms with Gasteiger partial charge >= 0.3 is 5.97 Å². The van der Waals surface area contributed by atoms with Gasteiger partial charge in [0.15, 0.2) is 0 Å². The summed E-state index contributed by atoms with van der Waals surface area (Å²) in [4.78, 5) is 11.0. The first-order valence-corrected chi connectivity index (χ1v) is 4.20. The minimum absolute atomic E-state index is 0.0557. The van der Waals surface area contributed by atoms with Crippen LogP contribution >= 0.6 is 0 Å². The van der Waals surface area contributed by atoms with Crippen LogP contribution in [0.15, 0.2) is 18.7 Å². The number of ether oxygens (including phenoxy) is 1. The molecule has 0 aromatic heterocycles. The zero-order valence-electron chi connectivity index (χ0n) is 8.43. The maximum absolute atomic E-state index is 13.3. The normalized spacial score (nSPS) is 9.87. The summed E-state index contributed by atoms with van der Waals surface area (Å²) in [6.07, 6.45) is 0. The summed E-state index contributed by atoms with van der Waals surface area (Å²) in [5.74, 6) is -2.41. The van der Waals surface area contributed by atoms with Crippen LogP contribution in [-0.4, -0.2) is 13.1 Å². The molecular weight excluding hydrogens is 202 g/mol. The molecule has 0 spiro atoms. The molecule has 80 valence electrons. The molecule has 0 unspecified atom stereocenters. The predicted octanol–water partition coefficient (Wildman–Crippen LogP) is 2.78. The molecule has 1 aromatic rings. The monoisotopic (exact) mass is 212 g/mol. The molecule has 0 aliphatic carbocycles. The van der Waals surface area contributed by atoms with E-state index in [0.29, 0.717) is 5.57 Å². The Labute approximate surface area is 86.2 Å². The lowest BCUT2D eigenvalue weighted by atomic mass is 10.1. The maximum atomic E-state index is 13.3. The van der Waals surface area contributed by atoms with E-state index in [1.165, 1.54) is 0 Å². The molecule has 0 saturated carbocycles. The number of methoxy groups -OCH3 is 1. The summed E-state index contributed by atoms with van der Waals surface area (Å²) >= 11 is 0. The van der Waals surface area contributed by atoms with Crippen LogP contribution in [0.25, 0.3) is 5.57 Å². The van der Waals surface area contributed by atoms with Crippen molar-refractivity contribution in [1.82, 2.24) is 0 Å². The van der Waals surface area contributed by atoms with Gasteiger partial charge in [-0.15, -0.1) is 0 Å². The van der Waals surface area contributed by atoms with E-state index in [2.05, 4.69) is 11.3 Å². The first kappa shape index (κ1) is 11.4. The predicted molar refractivity (Wildman–Crippen MR) is 52.4 cm³/mol. The van der Waals surface area contributed by atoms with Crippen molar-refractivity contribution in [3.63, 3.8) is 0 Å². The molecule has 0 aliphatic heterocycles. The van der Waals surface area contributed by atoms with Crippen molar-refractivity contribution >= 4 is 11.5 Å². The van der Waals surface area contributed by atoms with Crippen LogP contribution in [0.2, 0.25) is 0 Å². The molecule has 0 amide bonds. The lowest BCUT2D eigenvalue weighted by Crippen LogP contribution is -2.06. The topological polar surface area (TPSA) is 26.3 Å². The number of rotatable bonds is 2. The molecule has 0 bridgehead atoms. The zero-order chi connectivity index (χ0) is 11.6. The number of esters is 1. The highest BCUT2D eigenvalue weighted by molar-refractivity contribution is 5.90. The van der Waals surface area contributed by atoms with E-state index in [1.807, 2.05) is 0 Å². The largest absolute Gasteiger partial charge is 0.465 e. The molecule has 0 radical (unpaired) electrons. The smallest absolute Gasteiger partial charge is 0.340 e. The van der Waals surface area contributed by atoms with Crippen LogP contribution in [0.5, 0.6) is 0 Å². The Balaban J connectivity index is 3.31. The van der Waals surface area contributed by atoms with E-state index in [-0.39, 0.29) is 5.56 Å². The summed E-state index contributed by atoms with van der Waals surface area (Å²) in [5, 5.41) is 0. The fourth-order valence-electron chi connectivity index (χ4n) is 1.14. The second-order valence-electron chi connectivity index (χ2n) is 3.08. The van der Waals surface area contributed by atoms with Crippen LogP contribution < -0.4 is 0 Å². The molecule has 0 aliphatic rings. The third-order valence-electron chi connectivity index (χ3n) is 1.92. The third kappa shape index (κ3) is 2.21. The quantitative estimate of drug-likeness (QED) is 0.704. The molecule has 0 atom stereocenters. The van der Waals surface area contributed by atoms with Gasteiger partial charge in [0.05, 0.1) is 12.7 Å².